The Balaban J connectivity index is 1.56. The van der Waals surface area contributed by atoms with E-state index in [9.17, 15) is 22.8 Å². The van der Waals surface area contributed by atoms with E-state index in [1.54, 1.807) is 48.8 Å². The molecule has 2 aromatic heterocycles. The van der Waals surface area contributed by atoms with Crippen molar-refractivity contribution < 1.29 is 22.8 Å². The summed E-state index contributed by atoms with van der Waals surface area (Å²) < 4.78 is 38.5. The molecule has 1 aromatic carbocycles. The Kier molecular flexibility index (Phi) is 7.47. The van der Waals surface area contributed by atoms with Crippen LogP contribution in [0.15, 0.2) is 66.5 Å². The molecule has 0 bridgehead atoms. The van der Waals surface area contributed by atoms with Crippen molar-refractivity contribution >= 4 is 35.2 Å². The van der Waals surface area contributed by atoms with Crippen molar-refractivity contribution in [2.24, 2.45) is 5.92 Å². The third-order valence-electron chi connectivity index (χ3n) is 5.85. The van der Waals surface area contributed by atoms with E-state index in [1.165, 1.54) is 0 Å². The number of hydrogen-bond acceptors (Lipinski definition) is 6. The first-order valence-corrected chi connectivity index (χ1v) is 11.6. The van der Waals surface area contributed by atoms with E-state index in [-0.39, 0.29) is 23.7 Å². The van der Waals surface area contributed by atoms with Gasteiger partial charge in [0, 0.05) is 35.8 Å². The summed E-state index contributed by atoms with van der Waals surface area (Å²) in [6.45, 7) is 1.86. The third kappa shape index (κ3) is 6.36. The fourth-order valence-electron chi connectivity index (χ4n) is 3.62. The van der Waals surface area contributed by atoms with Gasteiger partial charge in [0.05, 0.1) is 11.3 Å². The number of aromatic nitrogens is 2. The largest absolute Gasteiger partial charge is 0.417 e. The number of pyridine rings is 2. The number of anilines is 2. The van der Waals surface area contributed by atoms with Crippen LogP contribution in [0.5, 0.6) is 0 Å². The number of alkyl halides is 3. The van der Waals surface area contributed by atoms with Gasteiger partial charge in [-0.2, -0.15) is 13.2 Å². The van der Waals surface area contributed by atoms with Gasteiger partial charge in [-0.15, -0.1) is 0 Å². The molecule has 2 amide bonds. The van der Waals surface area contributed by atoms with Crippen LogP contribution in [-0.4, -0.2) is 39.9 Å². The molecular formula is C27H23F3N6O2. The van der Waals surface area contributed by atoms with Crippen LogP contribution < -0.4 is 10.6 Å². The van der Waals surface area contributed by atoms with Crippen molar-refractivity contribution in [2.75, 3.05) is 10.6 Å². The lowest BCUT2D eigenvalue weighted by Crippen LogP contribution is -2.23. The highest BCUT2D eigenvalue weighted by molar-refractivity contribution is 6.46. The van der Waals surface area contributed by atoms with Crippen LogP contribution in [0.3, 0.4) is 0 Å². The number of nitrogens with zero attached hydrogens (tertiary/aromatic N) is 2. The molecule has 8 nitrogen and oxygen atoms in total. The molecule has 3 aromatic rings. The normalized spacial score (nSPS) is 13.5. The summed E-state index contributed by atoms with van der Waals surface area (Å²) in [5, 5.41) is 19.8. The van der Waals surface area contributed by atoms with Crippen molar-refractivity contribution in [3.05, 3.63) is 72.1 Å². The lowest BCUT2D eigenvalue weighted by Gasteiger charge is -2.12. The standard InChI is InChI=1S/C27H23F3N6O2/c1-15-2-5-20(35-26(38)22(32)12-19(14-31)27(28,29)30)13-21(15)17-6-8-33-23(10-17)18-7-9-34-24(11-18)36-25(37)16-3-4-16/h2,5-14,16,31-32H,3-4H2,1H3,(H,35,38)(H,34,36,37)/b19-12+,31-14?,32-22?. The zero-order valence-corrected chi connectivity index (χ0v) is 20.2. The molecule has 0 aliphatic heterocycles. The Bertz CT molecular complexity index is 1460. The van der Waals surface area contributed by atoms with Crippen LogP contribution in [0, 0.1) is 23.7 Å². The van der Waals surface area contributed by atoms with Crippen molar-refractivity contribution in [2.45, 2.75) is 25.9 Å². The Hall–Kier alpha value is -4.67. The summed E-state index contributed by atoms with van der Waals surface area (Å²) in [6, 6.07) is 12.1. The molecule has 194 valence electrons. The summed E-state index contributed by atoms with van der Waals surface area (Å²) in [6.07, 6.45) is 0.480. The summed E-state index contributed by atoms with van der Waals surface area (Å²) in [5.41, 5.74) is 1.67. The maximum Gasteiger partial charge on any atom is 0.417 e. The maximum atomic E-state index is 12.8. The highest BCUT2D eigenvalue weighted by atomic mass is 19.4. The van der Waals surface area contributed by atoms with Gasteiger partial charge in [0.15, 0.2) is 0 Å². The molecule has 2 heterocycles. The smallest absolute Gasteiger partial charge is 0.321 e. The molecular weight excluding hydrogens is 497 g/mol. The minimum atomic E-state index is -4.84. The van der Waals surface area contributed by atoms with Crippen molar-refractivity contribution in [1.82, 2.24) is 9.97 Å². The molecule has 4 rings (SSSR count). The first kappa shape index (κ1) is 26.4. The average molecular weight is 521 g/mol. The maximum absolute atomic E-state index is 12.8. The molecule has 0 atom stereocenters. The number of rotatable bonds is 8. The average Bonchev–Trinajstić information content (AvgIpc) is 3.73. The Morgan fingerprint density at radius 1 is 1.00 bits per heavy atom. The van der Waals surface area contributed by atoms with Gasteiger partial charge in [-0.25, -0.2) is 4.98 Å². The number of benzene rings is 1. The quantitative estimate of drug-likeness (QED) is 0.289. The van der Waals surface area contributed by atoms with E-state index >= 15 is 0 Å². The third-order valence-corrected chi connectivity index (χ3v) is 5.85. The molecule has 11 heteroatoms. The second-order valence-electron chi connectivity index (χ2n) is 8.76. The number of amides is 2. The molecule has 0 spiro atoms. The zero-order chi connectivity index (χ0) is 27.4. The van der Waals surface area contributed by atoms with Crippen LogP contribution >= 0.6 is 0 Å². The fourth-order valence-corrected chi connectivity index (χ4v) is 3.62. The van der Waals surface area contributed by atoms with Gasteiger partial charge in [0.1, 0.15) is 11.5 Å². The Morgan fingerprint density at radius 2 is 1.71 bits per heavy atom. The van der Waals surface area contributed by atoms with Gasteiger partial charge in [-0.1, -0.05) is 6.07 Å². The predicted octanol–water partition coefficient (Wildman–Crippen LogP) is 5.56. The second kappa shape index (κ2) is 10.8. The molecule has 0 radical (unpaired) electrons. The number of halogens is 3. The minimum absolute atomic E-state index is 0.0418. The number of carbonyl (C=O) groups excluding carboxylic acids is 2. The van der Waals surface area contributed by atoms with E-state index in [4.69, 9.17) is 10.8 Å². The molecule has 0 saturated heterocycles. The molecule has 38 heavy (non-hydrogen) atoms. The molecule has 4 N–H and O–H groups in total. The van der Waals surface area contributed by atoms with Crippen molar-refractivity contribution in [1.29, 1.82) is 10.8 Å². The molecule has 1 saturated carbocycles. The Labute approximate surface area is 216 Å². The van der Waals surface area contributed by atoms with Gasteiger partial charge in [-0.3, -0.25) is 20.0 Å². The van der Waals surface area contributed by atoms with Crippen molar-refractivity contribution in [3.63, 3.8) is 0 Å². The predicted molar refractivity (Wildman–Crippen MR) is 138 cm³/mol. The van der Waals surface area contributed by atoms with Gasteiger partial charge in [-0.05, 0) is 78.9 Å². The van der Waals surface area contributed by atoms with E-state index in [2.05, 4.69) is 20.6 Å². The SMILES string of the molecule is Cc1ccc(NC(=O)C(=N)/C=C(\C=N)C(F)(F)F)cc1-c1ccnc(-c2ccnc(NC(=O)C3CC3)c2)c1. The van der Waals surface area contributed by atoms with Gasteiger partial charge in [0.25, 0.3) is 5.91 Å². The van der Waals surface area contributed by atoms with Crippen LogP contribution in [-0.2, 0) is 9.59 Å². The summed E-state index contributed by atoms with van der Waals surface area (Å²) in [4.78, 5) is 33.1. The lowest BCUT2D eigenvalue weighted by molar-refractivity contribution is -0.117. The first-order chi connectivity index (χ1) is 18.0. The lowest BCUT2D eigenvalue weighted by atomic mass is 9.99. The number of nitrogens with one attached hydrogen (secondary N) is 4. The molecule has 1 aliphatic rings. The van der Waals surface area contributed by atoms with Crippen LogP contribution in [0.1, 0.15) is 18.4 Å². The minimum Gasteiger partial charge on any atom is -0.321 e. The van der Waals surface area contributed by atoms with Crippen molar-refractivity contribution in [3.8, 4) is 22.4 Å². The number of aryl methyl sites for hydroxylation is 1. The highest BCUT2D eigenvalue weighted by Crippen LogP contribution is 2.32. The van der Waals surface area contributed by atoms with E-state index in [0.717, 1.165) is 35.1 Å². The van der Waals surface area contributed by atoms with Crippen LogP contribution in [0.2, 0.25) is 0 Å². The molecule has 0 unspecified atom stereocenters. The monoisotopic (exact) mass is 520 g/mol. The van der Waals surface area contributed by atoms with Crippen LogP contribution in [0.4, 0.5) is 24.7 Å². The summed E-state index contributed by atoms with van der Waals surface area (Å²) in [5.74, 6) is -0.626. The highest BCUT2D eigenvalue weighted by Gasteiger charge is 2.33. The van der Waals surface area contributed by atoms with E-state index in [0.29, 0.717) is 17.6 Å². The van der Waals surface area contributed by atoms with Gasteiger partial charge >= 0.3 is 6.18 Å². The molecule has 1 aliphatic carbocycles. The van der Waals surface area contributed by atoms with E-state index < -0.39 is 23.4 Å². The fraction of sp³-hybridized carbons (Fsp3) is 0.185. The molecule has 1 fully saturated rings. The van der Waals surface area contributed by atoms with Crippen LogP contribution in [0.25, 0.3) is 22.4 Å². The van der Waals surface area contributed by atoms with Gasteiger partial charge < -0.3 is 16.0 Å². The topological polar surface area (TPSA) is 132 Å². The number of hydrogen-bond donors (Lipinski definition) is 4. The Morgan fingerprint density at radius 3 is 2.39 bits per heavy atom. The first-order valence-electron chi connectivity index (χ1n) is 11.6. The number of carbonyl (C=O) groups is 2. The number of allylic oxidation sites excluding steroid dienone is 1. The van der Waals surface area contributed by atoms with Gasteiger partial charge in [0.2, 0.25) is 5.91 Å². The van der Waals surface area contributed by atoms with E-state index in [1.807, 2.05) is 13.0 Å². The second-order valence-corrected chi connectivity index (χ2v) is 8.76. The zero-order valence-electron chi connectivity index (χ0n) is 20.2. The summed E-state index contributed by atoms with van der Waals surface area (Å²) in [7, 11) is 0. The summed E-state index contributed by atoms with van der Waals surface area (Å²) >= 11 is 0.